The molecular weight excluding hydrogens is 1230 g/mol. The zero-order chi connectivity index (χ0) is 74.4. The minimum atomic E-state index is 0. The maximum absolute atomic E-state index is 2.61. The topological polar surface area (TPSA) is 22.7 Å². The van der Waals surface area contributed by atoms with Crippen molar-refractivity contribution < 1.29 is 0 Å². The summed E-state index contributed by atoms with van der Waals surface area (Å²) < 4.78 is 0. The summed E-state index contributed by atoms with van der Waals surface area (Å²) in [6.45, 7) is 125. The molecule has 20 atom stereocenters. The predicted molar refractivity (Wildman–Crippen MR) is 509 cm³/mol. The van der Waals surface area contributed by atoms with Crippen LogP contribution in [0.1, 0.15) is 442 Å². The van der Waals surface area contributed by atoms with Crippen molar-refractivity contribution in [3.63, 3.8) is 0 Å². The summed E-state index contributed by atoms with van der Waals surface area (Å²) in [5.41, 5.74) is 0. The first-order valence-corrected chi connectivity index (χ1v) is 40.4. The van der Waals surface area contributed by atoms with Gasteiger partial charge in [0, 0.05) is 60.4 Å². The number of nitrogens with zero attached hydrogens (tertiary/aromatic N) is 7. The Hall–Kier alpha value is -0.280. The molecule has 654 valence electrons. The quantitative estimate of drug-likeness (QED) is 0.203. The van der Waals surface area contributed by atoms with Crippen LogP contribution in [0.5, 0.6) is 0 Å². The summed E-state index contributed by atoms with van der Waals surface area (Å²) in [7, 11) is 0. The number of hydrogen-bond donors (Lipinski definition) is 0. The van der Waals surface area contributed by atoms with E-state index in [2.05, 4.69) is 249 Å². The van der Waals surface area contributed by atoms with Gasteiger partial charge in [0.2, 0.25) is 0 Å². The van der Waals surface area contributed by atoms with Gasteiger partial charge in [0.15, 0.2) is 0 Å². The molecule has 0 aromatic carbocycles. The Balaban J connectivity index is -0.0000000294. The van der Waals surface area contributed by atoms with E-state index in [0.29, 0.717) is 0 Å². The Morgan fingerprint density at radius 2 is 0.208 bits per heavy atom. The van der Waals surface area contributed by atoms with Crippen LogP contribution in [0.15, 0.2) is 0 Å². The molecule has 5 heterocycles. The summed E-state index contributed by atoms with van der Waals surface area (Å²) in [5, 5.41) is 0. The third kappa shape index (κ3) is 64.3. The third-order valence-corrected chi connectivity index (χ3v) is 21.5. The molecule has 0 saturated carbocycles. The zero-order valence-corrected chi connectivity index (χ0v) is 73.5. The second-order valence-corrected chi connectivity index (χ2v) is 23.4. The van der Waals surface area contributed by atoms with E-state index in [4.69, 9.17) is 0 Å². The molecular formula is C94H243N7. The van der Waals surface area contributed by atoms with Gasteiger partial charge in [0.1, 0.15) is 0 Å². The van der Waals surface area contributed by atoms with Crippen molar-refractivity contribution >= 4 is 0 Å². The van der Waals surface area contributed by atoms with E-state index in [9.17, 15) is 0 Å². The maximum atomic E-state index is 2.61. The smallest absolute Gasteiger partial charge is 0.00984 e. The fraction of sp³-hybridized carbons (Fsp3) is 1.00. The molecule has 5 saturated heterocycles. The number of rotatable bonds is 11. The monoisotopic (exact) mass is 1470 g/mol. The first-order valence-electron chi connectivity index (χ1n) is 40.4. The molecule has 0 aromatic heterocycles. The lowest BCUT2D eigenvalue weighted by molar-refractivity contribution is 0.209. The highest BCUT2D eigenvalue weighted by Crippen LogP contribution is 2.37. The summed E-state index contributed by atoms with van der Waals surface area (Å²) in [5.74, 6) is 8.66. The molecule has 101 heavy (non-hydrogen) atoms. The fourth-order valence-electron chi connectivity index (χ4n) is 13.5. The predicted octanol–water partition coefficient (Wildman–Crippen LogP) is 32.4. The number of likely N-dealkylation sites (tertiary alicyclic amines) is 5. The Morgan fingerprint density at radius 3 is 0.228 bits per heavy atom. The van der Waals surface area contributed by atoms with Crippen LogP contribution >= 0.6 is 0 Å². The van der Waals surface area contributed by atoms with E-state index < -0.39 is 0 Å². The molecule has 7 nitrogen and oxygen atoms in total. The molecule has 0 amide bonds. The molecule has 0 N–H and O–H groups in total. The minimum absolute atomic E-state index is 0. The Morgan fingerprint density at radius 1 is 0.149 bits per heavy atom. The van der Waals surface area contributed by atoms with Gasteiger partial charge in [-0.3, -0.25) is 24.5 Å². The van der Waals surface area contributed by atoms with Gasteiger partial charge in [-0.2, -0.15) is 0 Å². The Kier molecular flexibility index (Phi) is 195. The van der Waals surface area contributed by atoms with Crippen molar-refractivity contribution in [2.45, 2.75) is 503 Å². The molecule has 0 spiro atoms. The average molecular weight is 1470 g/mol. The summed E-state index contributed by atoms with van der Waals surface area (Å²) >= 11 is 0. The van der Waals surface area contributed by atoms with Crippen LogP contribution in [0.4, 0.5) is 0 Å². The van der Waals surface area contributed by atoms with Crippen LogP contribution in [0.25, 0.3) is 0 Å². The SMILES string of the molecule is C.C.C.C.C.C.C.C.C.C.C.C.CC.CC.CC.CC.CC.CC.CC.CC.CC.CC.CCN(CC)CC.CCN(CC)CC.CCN1[C@H](C)[C@H](C)[C@H](C)[C@@H]1C.CCN1[C@H](C)[C@H](C)[C@H](C)[C@@H]1C.CCN1[C@H](C)[C@H](C)[C@H](C)[C@@H]1C.CCN1[C@H](C)[C@H](C)[C@H](C)[C@@H]1C.CCN1[C@H](C)[C@H](C)[C@H](C)[C@@H]1C. The minimum Gasteiger partial charge on any atom is -0.304 e. The molecule has 0 aromatic rings. The molecule has 0 radical (unpaired) electrons. The summed E-state index contributed by atoms with van der Waals surface area (Å²) in [6, 6.07) is 7.82. The third-order valence-electron chi connectivity index (χ3n) is 21.5. The van der Waals surface area contributed by atoms with Gasteiger partial charge in [-0.25, -0.2) is 0 Å². The zero-order valence-electron chi connectivity index (χ0n) is 73.5. The van der Waals surface area contributed by atoms with Gasteiger partial charge in [-0.15, -0.1) is 0 Å². The second kappa shape index (κ2) is 116. The lowest BCUT2D eigenvalue weighted by atomic mass is 9.92. The molecule has 7 heteroatoms. The van der Waals surface area contributed by atoms with E-state index in [1.165, 1.54) is 72.0 Å². The van der Waals surface area contributed by atoms with Crippen molar-refractivity contribution in [3.05, 3.63) is 0 Å². The van der Waals surface area contributed by atoms with Crippen molar-refractivity contribution in [2.75, 3.05) is 72.0 Å². The van der Waals surface area contributed by atoms with Gasteiger partial charge in [-0.1, -0.05) is 373 Å². The number of hydrogen-bond acceptors (Lipinski definition) is 7. The van der Waals surface area contributed by atoms with Crippen molar-refractivity contribution in [1.29, 1.82) is 0 Å². The molecule has 5 aliphatic rings. The van der Waals surface area contributed by atoms with Gasteiger partial charge in [-0.05, 0) is 200 Å². The highest BCUT2D eigenvalue weighted by molar-refractivity contribution is 4.95. The normalized spacial score (nSPS) is 27.4. The first kappa shape index (κ1) is 170. The van der Waals surface area contributed by atoms with E-state index in [0.717, 1.165) is 120 Å². The van der Waals surface area contributed by atoms with Gasteiger partial charge in [0.25, 0.3) is 0 Å². The van der Waals surface area contributed by atoms with Crippen molar-refractivity contribution in [3.8, 4) is 0 Å². The van der Waals surface area contributed by atoms with Crippen molar-refractivity contribution in [2.24, 2.45) is 59.2 Å². The van der Waals surface area contributed by atoms with E-state index in [1.807, 2.05) is 138 Å². The average Bonchev–Trinajstić information content (AvgIpc) is 1.74. The van der Waals surface area contributed by atoms with Crippen LogP contribution in [-0.2, 0) is 0 Å². The van der Waals surface area contributed by atoms with Crippen LogP contribution in [0.3, 0.4) is 0 Å². The van der Waals surface area contributed by atoms with Gasteiger partial charge >= 0.3 is 0 Å². The lowest BCUT2D eigenvalue weighted by Gasteiger charge is -2.25. The Labute approximate surface area is 664 Å². The van der Waals surface area contributed by atoms with Crippen LogP contribution in [-0.4, -0.2) is 167 Å². The lowest BCUT2D eigenvalue weighted by Crippen LogP contribution is -2.34. The molecule has 0 aliphatic carbocycles. The highest BCUT2D eigenvalue weighted by Gasteiger charge is 2.41. The Bertz CT molecular complexity index is 950. The molecule has 5 fully saturated rings. The summed E-state index contributed by atoms with van der Waals surface area (Å²) in [4.78, 5) is 17.8. The summed E-state index contributed by atoms with van der Waals surface area (Å²) in [6.07, 6.45) is 0. The molecule has 0 bridgehead atoms. The van der Waals surface area contributed by atoms with E-state index in [-0.39, 0.29) is 89.1 Å². The standard InChI is InChI=1S/5C10H21N.2C6H15N.10C2H6.12CH4/c5*1-6-11-9(4)7(2)8(3)10(11)5;2*1-4-7(5-2)6-3;10*1-2;;;;;;;;;;;;/h5*7-10H,6H2,1-5H3;2*4-6H2,1-3H3;10*1-2H3;12*1H4/t5*7-,8+,9-,10+;;;;;;;;;;;;;;;;;;;;;;;;. The largest absolute Gasteiger partial charge is 0.304 e. The van der Waals surface area contributed by atoms with Crippen LogP contribution in [0.2, 0.25) is 0 Å². The van der Waals surface area contributed by atoms with Gasteiger partial charge in [0.05, 0.1) is 0 Å². The molecule has 0 unspecified atom stereocenters. The van der Waals surface area contributed by atoms with Crippen LogP contribution in [0, 0.1) is 59.2 Å². The van der Waals surface area contributed by atoms with Crippen molar-refractivity contribution in [1.82, 2.24) is 34.3 Å². The van der Waals surface area contributed by atoms with E-state index in [1.54, 1.807) is 0 Å². The second-order valence-electron chi connectivity index (χ2n) is 23.4. The fourth-order valence-corrected chi connectivity index (χ4v) is 13.5. The van der Waals surface area contributed by atoms with Crippen LogP contribution < -0.4 is 0 Å². The molecule has 5 rings (SSSR count). The highest BCUT2D eigenvalue weighted by atomic mass is 15.2. The first-order chi connectivity index (χ1) is 42.1. The van der Waals surface area contributed by atoms with Gasteiger partial charge < -0.3 is 9.80 Å². The van der Waals surface area contributed by atoms with E-state index >= 15 is 0 Å². The molecule has 5 aliphatic heterocycles. The maximum Gasteiger partial charge on any atom is 0.00984 e.